The van der Waals surface area contributed by atoms with Crippen LogP contribution in [-0.2, 0) is 42.1 Å². The van der Waals surface area contributed by atoms with Crippen LogP contribution in [0.4, 0.5) is 0 Å². The number of hydrogen-bond donors (Lipinski definition) is 4. The maximum atomic E-state index is 12.8. The molecule has 4 rings (SSSR count). The van der Waals surface area contributed by atoms with Gasteiger partial charge in [0.25, 0.3) is 5.91 Å². The van der Waals surface area contributed by atoms with Gasteiger partial charge in [-0.3, -0.25) is 9.59 Å². The molecule has 0 bridgehead atoms. The Bertz CT molecular complexity index is 1340. The van der Waals surface area contributed by atoms with E-state index in [-0.39, 0.29) is 17.9 Å². The van der Waals surface area contributed by atoms with Crippen molar-refractivity contribution >= 4 is 39.1 Å². The summed E-state index contributed by atoms with van der Waals surface area (Å²) in [5.74, 6) is -2.50. The fraction of sp³-hybridized carbons (Fsp3) is 0.263. The van der Waals surface area contributed by atoms with E-state index in [1.165, 1.54) is 46.5 Å². The molecule has 5 N–H and O–H groups in total. The van der Waals surface area contributed by atoms with Gasteiger partial charge in [0.2, 0.25) is 15.9 Å². The number of rotatable bonds is 10. The minimum absolute atomic E-state index is 0.0186. The molecule has 3 heterocycles. The highest BCUT2D eigenvalue weighted by Gasteiger charge is 2.51. The summed E-state index contributed by atoms with van der Waals surface area (Å²) in [4.78, 5) is 40.1. The number of nitrogens with two attached hydrogens (primary N) is 1. The number of nitrogens with zero attached hydrogens (tertiary/aromatic N) is 4. The third kappa shape index (κ3) is 6.04. The first kappa shape index (κ1) is 24.4. The second kappa shape index (κ2) is 9.87. The first-order valence-electron chi connectivity index (χ1n) is 9.99. The zero-order valence-corrected chi connectivity index (χ0v) is 19.4. The quantitative estimate of drug-likeness (QED) is 0.228. The summed E-state index contributed by atoms with van der Waals surface area (Å²) in [6.45, 7) is -0.0186. The summed E-state index contributed by atoms with van der Waals surface area (Å²) in [6.07, 6.45) is -0.754. The van der Waals surface area contributed by atoms with Gasteiger partial charge in [0, 0.05) is 11.8 Å². The van der Waals surface area contributed by atoms with Gasteiger partial charge in [-0.1, -0.05) is 5.21 Å². The van der Waals surface area contributed by atoms with Crippen molar-refractivity contribution in [2.24, 2.45) is 5.14 Å². The number of benzene rings is 1. The molecule has 1 saturated heterocycles. The first-order valence-corrected chi connectivity index (χ1v) is 12.5. The molecule has 3 atom stereocenters. The molecule has 3 aromatic rings. The second-order valence-electron chi connectivity index (χ2n) is 7.47. The number of carbonyl (C=O) groups is 3. The lowest BCUT2D eigenvalue weighted by Crippen LogP contribution is -2.49. The predicted octanol–water partition coefficient (Wildman–Crippen LogP) is -1.43. The maximum Gasteiger partial charge on any atom is 0.336 e. The molecule has 14 nitrogen and oxygen atoms in total. The van der Waals surface area contributed by atoms with E-state index in [0.717, 1.165) is 0 Å². The third-order valence-corrected chi connectivity index (χ3v) is 6.50. The molecule has 2 amide bonds. The van der Waals surface area contributed by atoms with Crippen molar-refractivity contribution < 1.29 is 32.6 Å². The minimum atomic E-state index is -3.82. The van der Waals surface area contributed by atoms with E-state index in [4.69, 9.17) is 15.0 Å². The fourth-order valence-electron chi connectivity index (χ4n) is 3.11. The van der Waals surface area contributed by atoms with Crippen LogP contribution in [0.25, 0.3) is 5.69 Å². The molecule has 0 radical (unpaired) electrons. The van der Waals surface area contributed by atoms with Crippen LogP contribution in [0.5, 0.6) is 0 Å². The number of aromatic nitrogens is 4. The van der Waals surface area contributed by atoms with Crippen LogP contribution in [0, 0.1) is 0 Å². The van der Waals surface area contributed by atoms with Crippen LogP contribution >= 0.6 is 11.3 Å². The molecule has 0 saturated carbocycles. The van der Waals surface area contributed by atoms with Gasteiger partial charge in [0.1, 0.15) is 11.7 Å². The molecule has 35 heavy (non-hydrogen) atoms. The van der Waals surface area contributed by atoms with Crippen molar-refractivity contribution in [3.05, 3.63) is 52.7 Å². The van der Waals surface area contributed by atoms with Gasteiger partial charge in [-0.25, -0.2) is 28.0 Å². The number of carboxylic acids is 1. The van der Waals surface area contributed by atoms with E-state index in [9.17, 15) is 22.8 Å². The number of sulfonamides is 1. The zero-order valence-electron chi connectivity index (χ0n) is 17.8. The highest BCUT2D eigenvalue weighted by atomic mass is 32.2. The molecular weight excluding hydrogens is 502 g/mol. The number of primary sulfonamides is 1. The van der Waals surface area contributed by atoms with Crippen molar-refractivity contribution in [3.8, 4) is 5.69 Å². The van der Waals surface area contributed by atoms with E-state index in [1.807, 2.05) is 0 Å². The lowest BCUT2D eigenvalue weighted by molar-refractivity contribution is -0.138. The summed E-state index contributed by atoms with van der Waals surface area (Å²) in [6, 6.07) is 4.64. The lowest BCUT2D eigenvalue weighted by Gasteiger charge is -2.17. The third-order valence-electron chi connectivity index (χ3n) is 4.94. The largest absolute Gasteiger partial charge is 0.479 e. The number of carboxylic acid groups (broad SMARTS) is 1. The van der Waals surface area contributed by atoms with Crippen LogP contribution in [0.15, 0.2) is 46.2 Å². The fourth-order valence-corrected chi connectivity index (χ4v) is 4.19. The number of ether oxygens (including phenoxy) is 1. The van der Waals surface area contributed by atoms with Gasteiger partial charge in [-0.15, -0.1) is 16.4 Å². The number of epoxide rings is 1. The minimum Gasteiger partial charge on any atom is -0.479 e. The van der Waals surface area contributed by atoms with Crippen LogP contribution in [-0.4, -0.2) is 69.5 Å². The normalized spacial score (nSPS) is 18.0. The monoisotopic (exact) mass is 521 g/mol. The molecule has 1 fully saturated rings. The summed E-state index contributed by atoms with van der Waals surface area (Å²) in [7, 11) is -3.82. The summed E-state index contributed by atoms with van der Waals surface area (Å²) < 4.78 is 29.0. The number of aliphatic carboxylic acids is 1. The molecule has 1 aromatic carbocycles. The number of nitrogens with one attached hydrogen (secondary N) is 2. The molecule has 0 spiro atoms. The van der Waals surface area contributed by atoms with Crippen molar-refractivity contribution in [1.82, 2.24) is 30.6 Å². The average Bonchev–Trinajstić information content (AvgIpc) is 3.21. The first-order chi connectivity index (χ1) is 16.6. The summed E-state index contributed by atoms with van der Waals surface area (Å²) in [5.41, 5.74) is 3.08. The molecule has 0 aliphatic carbocycles. The zero-order chi connectivity index (χ0) is 25.2. The number of hydrogen-bond acceptors (Lipinski definition) is 10. The van der Waals surface area contributed by atoms with E-state index in [1.54, 1.807) is 10.9 Å². The molecule has 1 unspecified atom stereocenters. The Morgan fingerprint density at radius 3 is 2.54 bits per heavy atom. The van der Waals surface area contributed by atoms with Crippen LogP contribution in [0.2, 0.25) is 0 Å². The van der Waals surface area contributed by atoms with Gasteiger partial charge < -0.3 is 20.5 Å². The molecule has 2 aromatic heterocycles. The van der Waals surface area contributed by atoms with Gasteiger partial charge in [0.15, 0.2) is 12.2 Å². The van der Waals surface area contributed by atoms with E-state index < -0.39 is 46.1 Å². The smallest absolute Gasteiger partial charge is 0.336 e. The predicted molar refractivity (Wildman–Crippen MR) is 119 cm³/mol. The van der Waals surface area contributed by atoms with E-state index >= 15 is 0 Å². The Morgan fingerprint density at radius 2 is 1.94 bits per heavy atom. The van der Waals surface area contributed by atoms with Crippen LogP contribution in [0.3, 0.4) is 0 Å². The van der Waals surface area contributed by atoms with Gasteiger partial charge in [-0.05, 0) is 24.3 Å². The summed E-state index contributed by atoms with van der Waals surface area (Å²) >= 11 is 1.33. The topological polar surface area (TPSA) is 212 Å². The van der Waals surface area contributed by atoms with Crippen molar-refractivity contribution in [1.29, 1.82) is 0 Å². The Kier molecular flexibility index (Phi) is 6.88. The Balaban J connectivity index is 1.39. The van der Waals surface area contributed by atoms with E-state index in [0.29, 0.717) is 17.1 Å². The summed E-state index contributed by atoms with van der Waals surface area (Å²) in [5, 5.41) is 28.8. The highest BCUT2D eigenvalue weighted by molar-refractivity contribution is 7.89. The second-order valence-corrected chi connectivity index (χ2v) is 9.75. The van der Waals surface area contributed by atoms with Crippen molar-refractivity contribution in [2.45, 2.75) is 36.1 Å². The molecule has 16 heteroatoms. The number of carbonyl (C=O) groups excluding carboxylic acids is 2. The molecule has 184 valence electrons. The Morgan fingerprint density at radius 1 is 1.20 bits per heavy atom. The maximum absolute atomic E-state index is 12.8. The van der Waals surface area contributed by atoms with Gasteiger partial charge >= 0.3 is 5.97 Å². The Labute approximate surface area is 202 Å². The van der Waals surface area contributed by atoms with Gasteiger partial charge in [-0.2, -0.15) is 0 Å². The van der Waals surface area contributed by atoms with Crippen molar-refractivity contribution in [2.75, 3.05) is 0 Å². The molecular formula is C19H19N7O7S2. The SMILES string of the molecule is NS(=O)(=O)c1ccc(-n2cc(CNC(=O)C(Cc3cscn3)NC(=O)[C@H]3O[C@@H]3C(=O)O)nn2)cc1. The number of amides is 2. The van der Waals surface area contributed by atoms with Crippen LogP contribution < -0.4 is 15.8 Å². The molecule has 1 aliphatic rings. The van der Waals surface area contributed by atoms with Crippen molar-refractivity contribution in [3.63, 3.8) is 0 Å². The standard InChI is InChI=1S/C19H19N7O7S2/c20-35(31,32)13-3-1-12(2-4-13)26-7-11(24-25-26)6-21-17(27)14(5-10-8-34-9-22-10)23-18(28)15-16(33-15)19(29)30/h1-4,7-9,14-16H,5-6H2,(H,21,27)(H,23,28)(H,29,30)(H2,20,31,32)/t14?,15-,16-/m0/s1. The Hall–Kier alpha value is -3.73. The molecule has 1 aliphatic heterocycles. The van der Waals surface area contributed by atoms with Crippen LogP contribution in [0.1, 0.15) is 11.4 Å². The lowest BCUT2D eigenvalue weighted by atomic mass is 10.1. The van der Waals surface area contributed by atoms with E-state index in [2.05, 4.69) is 25.9 Å². The average molecular weight is 522 g/mol. The number of thiazole rings is 1. The highest BCUT2D eigenvalue weighted by Crippen LogP contribution is 2.22. The van der Waals surface area contributed by atoms with Gasteiger partial charge in [0.05, 0.1) is 34.5 Å².